The summed E-state index contributed by atoms with van der Waals surface area (Å²) in [7, 11) is 1.61. The minimum Gasteiger partial charge on any atom is -0.479 e. The van der Waals surface area contributed by atoms with Gasteiger partial charge in [0.25, 0.3) is 11.8 Å². The molecule has 0 aliphatic carbocycles. The van der Waals surface area contributed by atoms with E-state index in [9.17, 15) is 19.5 Å². The quantitative estimate of drug-likeness (QED) is 0.546. The zero-order valence-corrected chi connectivity index (χ0v) is 21.1. The van der Waals surface area contributed by atoms with E-state index in [2.05, 4.69) is 15.9 Å². The number of rotatable bonds is 7. The van der Waals surface area contributed by atoms with E-state index in [-0.39, 0.29) is 30.4 Å². The standard InChI is InChI=1S/C23H32BrN3O6/c1-14(2)27(16-7-5-8-25(13-16)23(30)31)22(29)17-11-19-20(12-18(17)24)33-15(3)21(28)26(19)9-6-10-32-4/h11-12,14-16H,5-10,13H2,1-4H3,(H,30,31)/t15-,16-/m1/s1. The Morgan fingerprint density at radius 1 is 1.36 bits per heavy atom. The van der Waals surface area contributed by atoms with Crippen molar-refractivity contribution in [2.24, 2.45) is 0 Å². The molecule has 2 aliphatic heterocycles. The highest BCUT2D eigenvalue weighted by molar-refractivity contribution is 9.10. The molecule has 0 radical (unpaired) electrons. The molecule has 9 nitrogen and oxygen atoms in total. The van der Waals surface area contributed by atoms with E-state index in [1.807, 2.05) is 13.8 Å². The smallest absolute Gasteiger partial charge is 0.407 e. The van der Waals surface area contributed by atoms with Gasteiger partial charge in [-0.25, -0.2) is 4.79 Å². The topological polar surface area (TPSA) is 99.6 Å². The Bertz CT molecular complexity index is 908. The van der Waals surface area contributed by atoms with Crippen LogP contribution < -0.4 is 9.64 Å². The van der Waals surface area contributed by atoms with E-state index >= 15 is 0 Å². The molecule has 0 aromatic heterocycles. The van der Waals surface area contributed by atoms with Gasteiger partial charge < -0.3 is 29.3 Å². The van der Waals surface area contributed by atoms with Crippen LogP contribution in [0.1, 0.15) is 50.4 Å². The number of piperidine rings is 1. The molecule has 0 saturated carbocycles. The van der Waals surface area contributed by atoms with Crippen LogP contribution in [0.3, 0.4) is 0 Å². The van der Waals surface area contributed by atoms with E-state index in [1.165, 1.54) is 4.90 Å². The molecule has 10 heteroatoms. The van der Waals surface area contributed by atoms with Gasteiger partial charge in [-0.3, -0.25) is 9.59 Å². The molecular formula is C23H32BrN3O6. The van der Waals surface area contributed by atoms with E-state index < -0.39 is 12.2 Å². The summed E-state index contributed by atoms with van der Waals surface area (Å²) in [6, 6.07) is 3.08. The van der Waals surface area contributed by atoms with Crippen molar-refractivity contribution in [2.45, 2.75) is 58.2 Å². The fraction of sp³-hybridized carbons (Fsp3) is 0.609. The molecule has 33 heavy (non-hydrogen) atoms. The van der Waals surface area contributed by atoms with Crippen LogP contribution in [-0.4, -0.2) is 84.4 Å². The summed E-state index contributed by atoms with van der Waals surface area (Å²) in [5, 5.41) is 9.43. The van der Waals surface area contributed by atoms with Gasteiger partial charge >= 0.3 is 6.09 Å². The minimum atomic E-state index is -0.970. The number of hydrogen-bond donors (Lipinski definition) is 1. The van der Waals surface area contributed by atoms with Crippen molar-refractivity contribution in [3.8, 4) is 5.75 Å². The summed E-state index contributed by atoms with van der Waals surface area (Å²) in [6.45, 7) is 7.28. The Balaban J connectivity index is 1.95. The Morgan fingerprint density at radius 3 is 2.73 bits per heavy atom. The lowest BCUT2D eigenvalue weighted by Gasteiger charge is -2.41. The molecule has 0 unspecified atom stereocenters. The number of ether oxygens (including phenoxy) is 2. The van der Waals surface area contributed by atoms with Crippen molar-refractivity contribution >= 4 is 39.5 Å². The van der Waals surface area contributed by atoms with Crippen LogP contribution in [0.2, 0.25) is 0 Å². The number of methoxy groups -OCH3 is 1. The number of carboxylic acid groups (broad SMARTS) is 1. The molecule has 2 atom stereocenters. The first kappa shape index (κ1) is 25.3. The molecule has 0 spiro atoms. The van der Waals surface area contributed by atoms with Crippen molar-refractivity contribution in [1.82, 2.24) is 9.80 Å². The third kappa shape index (κ3) is 5.43. The second kappa shape index (κ2) is 10.7. The van der Waals surface area contributed by atoms with Gasteiger partial charge in [0.1, 0.15) is 5.75 Å². The van der Waals surface area contributed by atoms with Gasteiger partial charge in [-0.15, -0.1) is 0 Å². The average molecular weight is 526 g/mol. The van der Waals surface area contributed by atoms with Crippen molar-refractivity contribution in [3.05, 3.63) is 22.2 Å². The maximum absolute atomic E-state index is 13.7. The first-order chi connectivity index (χ1) is 15.6. The number of anilines is 1. The van der Waals surface area contributed by atoms with E-state index in [1.54, 1.807) is 36.0 Å². The molecule has 2 aliphatic rings. The zero-order valence-electron chi connectivity index (χ0n) is 19.5. The molecule has 1 N–H and O–H groups in total. The molecular weight excluding hydrogens is 494 g/mol. The number of amides is 3. The Kier molecular flexibility index (Phi) is 8.23. The summed E-state index contributed by atoms with van der Waals surface area (Å²) in [6.07, 6.45) is 0.497. The largest absolute Gasteiger partial charge is 0.479 e. The predicted molar refractivity (Wildman–Crippen MR) is 127 cm³/mol. The van der Waals surface area contributed by atoms with Crippen LogP contribution >= 0.6 is 15.9 Å². The fourth-order valence-corrected chi connectivity index (χ4v) is 5.00. The van der Waals surface area contributed by atoms with Gasteiger partial charge in [0, 0.05) is 43.9 Å². The molecule has 0 bridgehead atoms. The third-order valence-corrected chi connectivity index (χ3v) is 6.72. The normalized spacial score (nSPS) is 20.5. The van der Waals surface area contributed by atoms with Crippen LogP contribution in [0.5, 0.6) is 5.75 Å². The Morgan fingerprint density at radius 2 is 2.09 bits per heavy atom. The van der Waals surface area contributed by atoms with Crippen LogP contribution in [0.15, 0.2) is 16.6 Å². The van der Waals surface area contributed by atoms with Gasteiger partial charge in [0.15, 0.2) is 6.10 Å². The number of fused-ring (bicyclic) bond motifs is 1. The predicted octanol–water partition coefficient (Wildman–Crippen LogP) is 3.59. The maximum atomic E-state index is 13.7. The lowest BCUT2D eigenvalue weighted by Crippen LogP contribution is -2.53. The highest BCUT2D eigenvalue weighted by Crippen LogP contribution is 2.39. The number of benzene rings is 1. The van der Waals surface area contributed by atoms with Crippen molar-refractivity contribution < 1.29 is 29.0 Å². The van der Waals surface area contributed by atoms with E-state index in [4.69, 9.17) is 9.47 Å². The SMILES string of the molecule is COCCCN1C(=O)[C@@H](C)Oc2cc(Br)c(C(=O)N(C(C)C)[C@@H]3CCCN(C(=O)O)C3)cc21. The lowest BCUT2D eigenvalue weighted by atomic mass is 10.0. The Labute approximate surface area is 202 Å². The molecule has 1 aromatic carbocycles. The molecule has 2 heterocycles. The number of halogens is 1. The summed E-state index contributed by atoms with van der Waals surface area (Å²) in [5.41, 5.74) is 0.970. The van der Waals surface area contributed by atoms with E-state index in [0.29, 0.717) is 54.0 Å². The van der Waals surface area contributed by atoms with Crippen molar-refractivity contribution in [3.63, 3.8) is 0 Å². The summed E-state index contributed by atoms with van der Waals surface area (Å²) in [4.78, 5) is 42.9. The van der Waals surface area contributed by atoms with Crippen LogP contribution in [0.4, 0.5) is 10.5 Å². The van der Waals surface area contributed by atoms with Gasteiger partial charge in [0.2, 0.25) is 0 Å². The number of carbonyl (C=O) groups is 3. The van der Waals surface area contributed by atoms with Gasteiger partial charge in [-0.1, -0.05) is 0 Å². The fourth-order valence-electron chi connectivity index (χ4n) is 4.51. The maximum Gasteiger partial charge on any atom is 0.407 e. The zero-order chi connectivity index (χ0) is 24.3. The molecule has 1 aromatic rings. The van der Waals surface area contributed by atoms with Crippen molar-refractivity contribution in [2.75, 3.05) is 38.3 Å². The number of likely N-dealkylation sites (tertiary alicyclic amines) is 1. The van der Waals surface area contributed by atoms with Crippen molar-refractivity contribution in [1.29, 1.82) is 0 Å². The molecule has 3 amide bonds. The van der Waals surface area contributed by atoms with Gasteiger partial charge in [-0.2, -0.15) is 0 Å². The highest BCUT2D eigenvalue weighted by atomic mass is 79.9. The number of hydrogen-bond acceptors (Lipinski definition) is 5. The monoisotopic (exact) mass is 525 g/mol. The van der Waals surface area contributed by atoms with Gasteiger partial charge in [-0.05, 0) is 68.1 Å². The van der Waals surface area contributed by atoms with Crippen LogP contribution in [0.25, 0.3) is 0 Å². The molecule has 3 rings (SSSR count). The average Bonchev–Trinajstić information content (AvgIpc) is 2.76. The Hall–Kier alpha value is -2.33. The van der Waals surface area contributed by atoms with Crippen LogP contribution in [-0.2, 0) is 9.53 Å². The third-order valence-electron chi connectivity index (χ3n) is 6.07. The summed E-state index contributed by atoms with van der Waals surface area (Å²) in [5.74, 6) is 0.165. The summed E-state index contributed by atoms with van der Waals surface area (Å²) >= 11 is 3.52. The number of carbonyl (C=O) groups excluding carboxylic acids is 2. The second-order valence-electron chi connectivity index (χ2n) is 8.73. The van der Waals surface area contributed by atoms with E-state index in [0.717, 1.165) is 6.42 Å². The van der Waals surface area contributed by atoms with Crippen LogP contribution in [0, 0.1) is 0 Å². The first-order valence-corrected chi connectivity index (χ1v) is 12.1. The second-order valence-corrected chi connectivity index (χ2v) is 9.58. The molecule has 1 saturated heterocycles. The van der Waals surface area contributed by atoms with Gasteiger partial charge in [0.05, 0.1) is 17.3 Å². The molecule has 1 fully saturated rings. The highest BCUT2D eigenvalue weighted by Gasteiger charge is 2.36. The molecule has 182 valence electrons. The summed E-state index contributed by atoms with van der Waals surface area (Å²) < 4.78 is 11.5. The lowest BCUT2D eigenvalue weighted by molar-refractivity contribution is -0.125. The first-order valence-electron chi connectivity index (χ1n) is 11.3. The minimum absolute atomic E-state index is 0.130. The number of nitrogens with zero attached hydrogens (tertiary/aromatic N) is 3.